The lowest BCUT2D eigenvalue weighted by molar-refractivity contribution is -0.787. The summed E-state index contributed by atoms with van der Waals surface area (Å²) in [6.07, 6.45) is 0. The number of amides is 2. The normalized spacial score (nSPS) is 9.67. The Morgan fingerprint density at radius 2 is 1.67 bits per heavy atom. The van der Waals surface area contributed by atoms with Gasteiger partial charge < -0.3 is 15.2 Å². The second-order valence-corrected chi connectivity index (χ2v) is 3.92. The first kappa shape index (κ1) is 16.1. The number of rotatable bonds is 2. The predicted octanol–water partition coefficient (Wildman–Crippen LogP) is -0.265. The van der Waals surface area contributed by atoms with E-state index in [0.717, 1.165) is 0 Å². The summed E-state index contributed by atoms with van der Waals surface area (Å²) in [7, 11) is 5.51. The lowest BCUT2D eigenvalue weighted by atomic mass is 10.4. The molecule has 0 saturated heterocycles. The van der Waals surface area contributed by atoms with Crippen LogP contribution in [0.25, 0.3) is 0 Å². The molecule has 1 N–H and O–H groups in total. The van der Waals surface area contributed by atoms with E-state index in [1.807, 2.05) is 28.1 Å². The molecule has 0 bridgehead atoms. The van der Waals surface area contributed by atoms with Crippen molar-refractivity contribution in [1.29, 1.82) is 0 Å². The Morgan fingerprint density at radius 3 is 1.73 bits per heavy atom. The number of quaternary nitrogens is 1. The number of hydrogen-bond donors (Lipinski definition) is 1. The van der Waals surface area contributed by atoms with Crippen molar-refractivity contribution in [2.75, 3.05) is 27.7 Å². The van der Waals surface area contributed by atoms with Gasteiger partial charge in [-0.1, -0.05) is 6.58 Å². The third kappa shape index (κ3) is 10.6. The Hall–Kier alpha value is -1.36. The van der Waals surface area contributed by atoms with Gasteiger partial charge in [-0.05, 0) is 19.4 Å². The summed E-state index contributed by atoms with van der Waals surface area (Å²) in [6.45, 7) is 7.09. The molecule has 0 aromatic carbocycles. The van der Waals surface area contributed by atoms with Crippen LogP contribution in [0, 0.1) is 0 Å². The minimum absolute atomic E-state index is 0.0532. The number of carbonyl (C=O) groups excluding carboxylic acids is 2. The molecule has 88 valence electrons. The summed E-state index contributed by atoms with van der Waals surface area (Å²) < 4.78 is 0.341. The second kappa shape index (κ2) is 7.00. The maximum Gasteiger partial charge on any atom is 0.415 e. The van der Waals surface area contributed by atoms with Crippen molar-refractivity contribution in [3.8, 4) is 0 Å². The Kier molecular flexibility index (Phi) is 7.51. The zero-order valence-electron chi connectivity index (χ0n) is 10.1. The van der Waals surface area contributed by atoms with Gasteiger partial charge in [0.1, 0.15) is 0 Å². The van der Waals surface area contributed by atoms with Crippen LogP contribution in [-0.4, -0.2) is 44.2 Å². The van der Waals surface area contributed by atoms with E-state index in [4.69, 9.17) is 0 Å². The molecule has 0 unspecified atom stereocenters. The molecule has 0 atom stereocenters. The highest BCUT2D eigenvalue weighted by molar-refractivity contribution is 5.82. The molecule has 5 nitrogen and oxygen atoms in total. The first-order valence-electron chi connectivity index (χ1n) is 4.59. The summed E-state index contributed by atoms with van der Waals surface area (Å²) >= 11 is 0. The predicted molar refractivity (Wildman–Crippen MR) is 56.9 cm³/mol. The molecule has 5 heteroatoms. The Labute approximate surface area is 91.0 Å². The van der Waals surface area contributed by atoms with Crippen LogP contribution in [0.2, 0.25) is 0 Å². The van der Waals surface area contributed by atoms with Crippen molar-refractivity contribution in [2.45, 2.75) is 13.8 Å². The molecule has 0 spiro atoms. The molecule has 0 aromatic heterocycles. The quantitative estimate of drug-likeness (QED) is 0.510. The van der Waals surface area contributed by atoms with Crippen LogP contribution < -0.4 is 10.4 Å². The number of carboxylic acids is 1. The highest BCUT2D eigenvalue weighted by Crippen LogP contribution is 1.88. The topological polar surface area (TPSA) is 69.2 Å². The number of carboxylic acid groups (broad SMARTS) is 1. The van der Waals surface area contributed by atoms with Gasteiger partial charge in [0.15, 0.2) is 0 Å². The Balaban J connectivity index is 0. The van der Waals surface area contributed by atoms with E-state index in [-0.39, 0.29) is 11.6 Å². The molecule has 0 aliphatic rings. The van der Waals surface area contributed by atoms with Gasteiger partial charge in [-0.2, -0.15) is 0 Å². The fourth-order valence-corrected chi connectivity index (χ4v) is 0.388. The van der Waals surface area contributed by atoms with Crippen molar-refractivity contribution < 1.29 is 19.2 Å². The molecule has 0 saturated carbocycles. The van der Waals surface area contributed by atoms with Crippen molar-refractivity contribution >= 4 is 12.0 Å². The molecule has 0 radical (unpaired) electrons. The Morgan fingerprint density at radius 1 is 1.33 bits per heavy atom. The molecular weight excluding hydrogens is 196 g/mol. The minimum Gasteiger partial charge on any atom is -0.545 e. The molecule has 0 aliphatic carbocycles. The zero-order chi connectivity index (χ0) is 12.6. The van der Waals surface area contributed by atoms with Gasteiger partial charge in [-0.25, -0.2) is 9.28 Å². The van der Waals surface area contributed by atoms with Crippen LogP contribution in [-0.2, 0) is 4.79 Å². The summed E-state index contributed by atoms with van der Waals surface area (Å²) in [6, 6.07) is 0.0532. The molecule has 0 fully saturated rings. The first-order chi connectivity index (χ1) is 6.62. The van der Waals surface area contributed by atoms with Crippen molar-refractivity contribution in [3.63, 3.8) is 0 Å². The third-order valence-corrected chi connectivity index (χ3v) is 1.29. The second-order valence-electron chi connectivity index (χ2n) is 3.92. The average molecular weight is 216 g/mol. The molecule has 2 amide bonds. The smallest absolute Gasteiger partial charge is 0.415 e. The lowest BCUT2D eigenvalue weighted by Crippen LogP contribution is -2.48. The van der Waals surface area contributed by atoms with Gasteiger partial charge in [0.2, 0.25) is 0 Å². The molecule has 0 rings (SSSR count). The summed E-state index contributed by atoms with van der Waals surface area (Å²) in [5.74, 6) is -1.19. The minimum atomic E-state index is -1.19. The number of urea groups is 1. The average Bonchev–Trinajstić information content (AvgIpc) is 2.03. The van der Waals surface area contributed by atoms with Gasteiger partial charge in [0.25, 0.3) is 0 Å². The van der Waals surface area contributed by atoms with Crippen molar-refractivity contribution in [2.24, 2.45) is 0 Å². The van der Waals surface area contributed by atoms with Gasteiger partial charge in [0.05, 0.1) is 27.1 Å². The van der Waals surface area contributed by atoms with E-state index in [2.05, 4.69) is 11.9 Å². The van der Waals surface area contributed by atoms with E-state index in [0.29, 0.717) is 11.0 Å². The van der Waals surface area contributed by atoms with Crippen molar-refractivity contribution in [3.05, 3.63) is 12.2 Å². The molecule has 15 heavy (non-hydrogen) atoms. The number of nitrogens with one attached hydrogen (secondary N) is 1. The number of hydrogen-bond acceptors (Lipinski definition) is 3. The molecule has 0 aliphatic heterocycles. The summed E-state index contributed by atoms with van der Waals surface area (Å²) in [4.78, 5) is 20.4. The van der Waals surface area contributed by atoms with Gasteiger partial charge in [0, 0.05) is 6.54 Å². The van der Waals surface area contributed by atoms with Gasteiger partial charge in [-0.3, -0.25) is 0 Å². The number of carbonyl (C=O) groups is 2. The van der Waals surface area contributed by atoms with E-state index in [1.165, 1.54) is 6.92 Å². The lowest BCUT2D eigenvalue weighted by Gasteiger charge is -2.19. The summed E-state index contributed by atoms with van der Waals surface area (Å²) in [5, 5.41) is 12.2. The van der Waals surface area contributed by atoms with Crippen LogP contribution in [0.3, 0.4) is 0 Å². The first-order valence-corrected chi connectivity index (χ1v) is 4.59. The third-order valence-electron chi connectivity index (χ3n) is 1.29. The molecular formula is C10H20N2O3. The van der Waals surface area contributed by atoms with Crippen LogP contribution in [0.5, 0.6) is 0 Å². The molecule has 0 aromatic rings. The highest BCUT2D eigenvalue weighted by atomic mass is 16.4. The zero-order valence-corrected chi connectivity index (χ0v) is 10.1. The van der Waals surface area contributed by atoms with Crippen LogP contribution in [0.4, 0.5) is 4.79 Å². The van der Waals surface area contributed by atoms with Crippen LogP contribution >= 0.6 is 0 Å². The SMILES string of the molecule is C=C(C)C(=O)[O-].CCNC(=O)[N+](C)(C)C. The summed E-state index contributed by atoms with van der Waals surface area (Å²) in [5.41, 5.74) is 0.0648. The Bertz CT molecular complexity index is 230. The standard InChI is InChI=1S/C6H14N2O.C4H6O2/c1-5-7-6(9)8(2,3)4;1-3(2)4(5)6/h5H2,1-4H3;1H2,2H3,(H,5,6). The van der Waals surface area contributed by atoms with Crippen molar-refractivity contribution in [1.82, 2.24) is 5.32 Å². The van der Waals surface area contributed by atoms with Crippen LogP contribution in [0.1, 0.15) is 13.8 Å². The molecule has 0 heterocycles. The fraction of sp³-hybridized carbons (Fsp3) is 0.600. The largest absolute Gasteiger partial charge is 0.545 e. The van der Waals surface area contributed by atoms with Gasteiger partial charge in [-0.15, -0.1) is 0 Å². The maximum atomic E-state index is 10.9. The van der Waals surface area contributed by atoms with E-state index >= 15 is 0 Å². The number of nitrogens with zero attached hydrogens (tertiary/aromatic N) is 1. The number of aliphatic carboxylic acids is 1. The van der Waals surface area contributed by atoms with Crippen LogP contribution in [0.15, 0.2) is 12.2 Å². The van der Waals surface area contributed by atoms with E-state index < -0.39 is 5.97 Å². The van der Waals surface area contributed by atoms with E-state index in [1.54, 1.807) is 0 Å². The van der Waals surface area contributed by atoms with E-state index in [9.17, 15) is 14.7 Å². The van der Waals surface area contributed by atoms with Gasteiger partial charge >= 0.3 is 6.03 Å². The highest BCUT2D eigenvalue weighted by Gasteiger charge is 2.17. The fourth-order valence-electron chi connectivity index (χ4n) is 0.388. The monoisotopic (exact) mass is 216 g/mol. The maximum absolute atomic E-state index is 10.9.